The fraction of sp³-hybridized carbons (Fsp3) is 0.706. The summed E-state index contributed by atoms with van der Waals surface area (Å²) in [5.41, 5.74) is 0. The Morgan fingerprint density at radius 1 is 1.25 bits per heavy atom. The molecule has 0 N–H and O–H groups in total. The number of rotatable bonds is 5. The quantitative estimate of drug-likeness (QED) is 0.787. The van der Waals surface area contributed by atoms with Crippen molar-refractivity contribution in [3.63, 3.8) is 0 Å². The van der Waals surface area contributed by atoms with E-state index >= 15 is 0 Å². The zero-order valence-electron chi connectivity index (χ0n) is 14.4. The van der Waals surface area contributed by atoms with Gasteiger partial charge in [-0.25, -0.2) is 9.97 Å². The van der Waals surface area contributed by atoms with Crippen LogP contribution in [-0.2, 0) is 9.53 Å². The predicted molar refractivity (Wildman–Crippen MR) is 91.9 cm³/mol. The number of hydrogen-bond acceptors (Lipinski definition) is 6. The van der Waals surface area contributed by atoms with E-state index in [2.05, 4.69) is 26.8 Å². The molecular weight excluding hydrogens is 306 g/mol. The highest BCUT2D eigenvalue weighted by Crippen LogP contribution is 2.19. The summed E-state index contributed by atoms with van der Waals surface area (Å²) in [6.07, 6.45) is 6.15. The lowest BCUT2D eigenvalue weighted by Gasteiger charge is -2.37. The summed E-state index contributed by atoms with van der Waals surface area (Å²) in [6.45, 7) is 5.86. The van der Waals surface area contributed by atoms with Gasteiger partial charge in [-0.1, -0.05) is 0 Å². The lowest BCUT2D eigenvalue weighted by atomic mass is 10.0. The smallest absolute Gasteiger partial charge is 0.225 e. The molecule has 7 heteroatoms. The number of ether oxygens (including phenoxy) is 1. The van der Waals surface area contributed by atoms with Gasteiger partial charge in [-0.05, 0) is 18.9 Å². The molecule has 1 amide bonds. The molecule has 2 fully saturated rings. The van der Waals surface area contributed by atoms with E-state index in [1.165, 1.54) is 0 Å². The molecule has 3 rings (SSSR count). The molecule has 0 bridgehead atoms. The second-order valence-electron chi connectivity index (χ2n) is 6.49. The summed E-state index contributed by atoms with van der Waals surface area (Å²) >= 11 is 0. The molecule has 2 aliphatic rings. The molecule has 3 heterocycles. The number of hydrogen-bond donors (Lipinski definition) is 0. The molecule has 7 nitrogen and oxygen atoms in total. The van der Waals surface area contributed by atoms with Gasteiger partial charge in [0.1, 0.15) is 12.1 Å². The Morgan fingerprint density at radius 2 is 2.08 bits per heavy atom. The SMILES string of the molecule is CN(c1ccncn1)C1CCN(CCN2CCOCCC2=O)CC1. The van der Waals surface area contributed by atoms with Crippen LogP contribution in [0.1, 0.15) is 19.3 Å². The van der Waals surface area contributed by atoms with Crippen molar-refractivity contribution in [3.8, 4) is 0 Å². The lowest BCUT2D eigenvalue weighted by molar-refractivity contribution is -0.130. The Balaban J connectivity index is 1.43. The second kappa shape index (κ2) is 8.39. The third kappa shape index (κ3) is 4.42. The number of aromatic nitrogens is 2. The van der Waals surface area contributed by atoms with Gasteiger partial charge in [-0.15, -0.1) is 0 Å². The molecule has 132 valence electrons. The molecule has 0 aromatic carbocycles. The number of carbonyl (C=O) groups is 1. The van der Waals surface area contributed by atoms with Gasteiger partial charge in [0.25, 0.3) is 0 Å². The molecule has 0 unspecified atom stereocenters. The Bertz CT molecular complexity index is 519. The maximum atomic E-state index is 12.0. The van der Waals surface area contributed by atoms with E-state index in [9.17, 15) is 4.79 Å². The summed E-state index contributed by atoms with van der Waals surface area (Å²) in [4.78, 5) is 27.0. The van der Waals surface area contributed by atoms with Crippen LogP contribution in [0.4, 0.5) is 5.82 Å². The maximum absolute atomic E-state index is 12.0. The van der Waals surface area contributed by atoms with Crippen molar-refractivity contribution in [2.45, 2.75) is 25.3 Å². The number of amides is 1. The van der Waals surface area contributed by atoms with Gasteiger partial charge in [0, 0.05) is 52.0 Å². The monoisotopic (exact) mass is 333 g/mol. The number of nitrogens with zero attached hydrogens (tertiary/aromatic N) is 5. The van der Waals surface area contributed by atoms with Gasteiger partial charge in [-0.3, -0.25) is 4.79 Å². The predicted octanol–water partition coefficient (Wildman–Crippen LogP) is 0.626. The van der Waals surface area contributed by atoms with Crippen LogP contribution in [0, 0.1) is 0 Å². The molecule has 2 saturated heterocycles. The largest absolute Gasteiger partial charge is 0.379 e. The van der Waals surface area contributed by atoms with Crippen molar-refractivity contribution < 1.29 is 9.53 Å². The van der Waals surface area contributed by atoms with Crippen LogP contribution in [0.3, 0.4) is 0 Å². The highest BCUT2D eigenvalue weighted by atomic mass is 16.5. The standard InChI is InChI=1S/C17H27N5O2/c1-20(16-2-6-18-14-19-16)15-3-7-21(8-4-15)9-10-22-11-13-24-12-5-17(22)23/h2,6,14-15H,3-5,7-13H2,1H3. The highest BCUT2D eigenvalue weighted by Gasteiger charge is 2.24. The van der Waals surface area contributed by atoms with Crippen molar-refractivity contribution >= 4 is 11.7 Å². The first-order valence-electron chi connectivity index (χ1n) is 8.81. The lowest BCUT2D eigenvalue weighted by Crippen LogP contribution is -2.46. The average Bonchev–Trinajstić information content (AvgIpc) is 2.85. The van der Waals surface area contributed by atoms with Gasteiger partial charge >= 0.3 is 0 Å². The van der Waals surface area contributed by atoms with Crippen LogP contribution in [0.5, 0.6) is 0 Å². The van der Waals surface area contributed by atoms with Gasteiger partial charge in [0.15, 0.2) is 0 Å². The number of likely N-dealkylation sites (tertiary alicyclic amines) is 1. The molecule has 24 heavy (non-hydrogen) atoms. The molecule has 1 aromatic heterocycles. The van der Waals surface area contributed by atoms with E-state index < -0.39 is 0 Å². The molecule has 1 aromatic rings. The summed E-state index contributed by atoms with van der Waals surface area (Å²) in [6, 6.07) is 2.48. The third-order valence-corrected chi connectivity index (χ3v) is 5.04. The third-order valence-electron chi connectivity index (χ3n) is 5.04. The van der Waals surface area contributed by atoms with Crippen LogP contribution < -0.4 is 4.90 Å². The zero-order valence-corrected chi connectivity index (χ0v) is 14.4. The Morgan fingerprint density at radius 3 is 2.83 bits per heavy atom. The summed E-state index contributed by atoms with van der Waals surface area (Å²) < 4.78 is 5.38. The fourth-order valence-corrected chi connectivity index (χ4v) is 3.43. The van der Waals surface area contributed by atoms with Crippen LogP contribution in [-0.4, -0.2) is 84.7 Å². The van der Waals surface area contributed by atoms with Crippen LogP contribution in [0.25, 0.3) is 0 Å². The van der Waals surface area contributed by atoms with Crippen molar-refractivity contribution in [2.75, 3.05) is 57.9 Å². The van der Waals surface area contributed by atoms with E-state index in [0.29, 0.717) is 25.7 Å². The van der Waals surface area contributed by atoms with Crippen molar-refractivity contribution in [2.24, 2.45) is 0 Å². The molecule has 0 atom stereocenters. The van der Waals surface area contributed by atoms with E-state index in [4.69, 9.17) is 4.74 Å². The van der Waals surface area contributed by atoms with Crippen LogP contribution in [0.2, 0.25) is 0 Å². The number of piperidine rings is 1. The maximum Gasteiger partial charge on any atom is 0.225 e. The van der Waals surface area contributed by atoms with E-state index in [1.807, 2.05) is 11.0 Å². The van der Waals surface area contributed by atoms with E-state index in [1.54, 1.807) is 12.5 Å². The first-order valence-corrected chi connectivity index (χ1v) is 8.81. The first-order chi connectivity index (χ1) is 11.7. The zero-order chi connectivity index (χ0) is 16.8. The summed E-state index contributed by atoms with van der Waals surface area (Å²) in [7, 11) is 2.11. The van der Waals surface area contributed by atoms with Crippen molar-refractivity contribution in [3.05, 3.63) is 18.6 Å². The summed E-state index contributed by atoms with van der Waals surface area (Å²) in [5.74, 6) is 1.21. The minimum atomic E-state index is 0.228. The molecule has 0 spiro atoms. The van der Waals surface area contributed by atoms with Crippen molar-refractivity contribution in [1.82, 2.24) is 19.8 Å². The minimum absolute atomic E-state index is 0.228. The Hall–Kier alpha value is -1.73. The van der Waals surface area contributed by atoms with E-state index in [-0.39, 0.29) is 5.91 Å². The van der Waals surface area contributed by atoms with Crippen LogP contribution >= 0.6 is 0 Å². The number of anilines is 1. The van der Waals surface area contributed by atoms with Crippen LogP contribution in [0.15, 0.2) is 18.6 Å². The highest BCUT2D eigenvalue weighted by molar-refractivity contribution is 5.76. The average molecular weight is 333 g/mol. The molecule has 2 aliphatic heterocycles. The Labute approximate surface area is 143 Å². The Kier molecular flexibility index (Phi) is 5.98. The van der Waals surface area contributed by atoms with Crippen molar-refractivity contribution in [1.29, 1.82) is 0 Å². The summed E-state index contributed by atoms with van der Waals surface area (Å²) in [5, 5.41) is 0. The molecule has 0 radical (unpaired) electrons. The van der Waals surface area contributed by atoms with Gasteiger partial charge in [0.2, 0.25) is 5.91 Å². The molecule has 0 saturated carbocycles. The second-order valence-corrected chi connectivity index (χ2v) is 6.49. The molecule has 0 aliphatic carbocycles. The topological polar surface area (TPSA) is 61.8 Å². The minimum Gasteiger partial charge on any atom is -0.379 e. The van der Waals surface area contributed by atoms with Gasteiger partial charge in [-0.2, -0.15) is 0 Å². The molecular formula is C17H27N5O2. The fourth-order valence-electron chi connectivity index (χ4n) is 3.43. The normalized spacial score (nSPS) is 20.9. The van der Waals surface area contributed by atoms with E-state index in [0.717, 1.165) is 51.4 Å². The first kappa shape index (κ1) is 17.1. The number of carbonyl (C=O) groups excluding carboxylic acids is 1. The van der Waals surface area contributed by atoms with Gasteiger partial charge in [0.05, 0.1) is 19.6 Å². The van der Waals surface area contributed by atoms with Gasteiger partial charge < -0.3 is 19.4 Å².